The Labute approximate surface area is 137 Å². The molecule has 2 aromatic rings. The molecule has 0 N–H and O–H groups in total. The van der Waals surface area contributed by atoms with Crippen LogP contribution in [0.15, 0.2) is 36.4 Å². The molecule has 0 spiro atoms. The third-order valence-corrected chi connectivity index (χ3v) is 4.17. The summed E-state index contributed by atoms with van der Waals surface area (Å²) in [6.45, 7) is 4.69. The smallest absolute Gasteiger partial charge is 0.151 e. The molecule has 1 fully saturated rings. The summed E-state index contributed by atoms with van der Waals surface area (Å²) in [6.07, 6.45) is 2.35. The fourth-order valence-corrected chi connectivity index (χ4v) is 2.86. The molecule has 0 radical (unpaired) electrons. The summed E-state index contributed by atoms with van der Waals surface area (Å²) in [4.78, 5) is 2.30. The van der Waals surface area contributed by atoms with Gasteiger partial charge in [0.15, 0.2) is 5.82 Å². The van der Waals surface area contributed by atoms with Crippen LogP contribution in [0, 0.1) is 12.8 Å². The second-order valence-corrected chi connectivity index (χ2v) is 5.97. The van der Waals surface area contributed by atoms with Crippen LogP contribution >= 0.6 is 0 Å². The number of piperidine rings is 1. The van der Waals surface area contributed by atoms with Gasteiger partial charge in [-0.25, -0.2) is 0 Å². The number of ether oxygens (including phenoxy) is 2. The number of anilines is 1. The molecule has 0 saturated carbocycles. The van der Waals surface area contributed by atoms with Gasteiger partial charge in [-0.05, 0) is 56.2 Å². The highest BCUT2D eigenvalue weighted by molar-refractivity contribution is 5.37. The summed E-state index contributed by atoms with van der Waals surface area (Å²) in [5.74, 6) is 3.20. The number of rotatable bonds is 5. The zero-order valence-corrected chi connectivity index (χ0v) is 13.7. The molecule has 3 rings (SSSR count). The van der Waals surface area contributed by atoms with Crippen molar-refractivity contribution in [2.75, 3.05) is 31.7 Å². The van der Waals surface area contributed by atoms with E-state index in [0.717, 1.165) is 49.1 Å². The minimum Gasteiger partial charge on any atom is -0.497 e. The lowest BCUT2D eigenvalue weighted by Crippen LogP contribution is -2.38. The highest BCUT2D eigenvalue weighted by atomic mass is 16.5. The van der Waals surface area contributed by atoms with E-state index in [4.69, 9.17) is 9.47 Å². The van der Waals surface area contributed by atoms with Crippen LogP contribution in [0.2, 0.25) is 0 Å². The quantitative estimate of drug-likeness (QED) is 0.849. The molecule has 1 aromatic carbocycles. The van der Waals surface area contributed by atoms with E-state index in [9.17, 15) is 0 Å². The maximum absolute atomic E-state index is 5.93. The van der Waals surface area contributed by atoms with Gasteiger partial charge in [-0.15, -0.1) is 5.10 Å². The first-order valence-electron chi connectivity index (χ1n) is 8.07. The number of aromatic nitrogens is 2. The highest BCUT2D eigenvalue weighted by Gasteiger charge is 2.21. The van der Waals surface area contributed by atoms with Gasteiger partial charge in [0.05, 0.1) is 19.4 Å². The summed E-state index contributed by atoms with van der Waals surface area (Å²) in [5.41, 5.74) is 0.949. The molecular weight excluding hydrogens is 290 g/mol. The van der Waals surface area contributed by atoms with Crippen molar-refractivity contribution in [1.29, 1.82) is 0 Å². The van der Waals surface area contributed by atoms with Gasteiger partial charge in [0.25, 0.3) is 0 Å². The van der Waals surface area contributed by atoms with Crippen LogP contribution in [-0.2, 0) is 0 Å². The van der Waals surface area contributed by atoms with Gasteiger partial charge in [-0.2, -0.15) is 5.10 Å². The molecular formula is C18H23N3O2. The van der Waals surface area contributed by atoms with Crippen molar-refractivity contribution in [3.05, 3.63) is 42.1 Å². The van der Waals surface area contributed by atoms with Crippen LogP contribution in [0.5, 0.6) is 11.5 Å². The third-order valence-electron chi connectivity index (χ3n) is 4.17. The molecule has 0 aliphatic carbocycles. The molecule has 5 heteroatoms. The molecule has 1 aliphatic rings. The Bertz CT molecular complexity index is 613. The second kappa shape index (κ2) is 7.31. The number of hydrogen-bond acceptors (Lipinski definition) is 5. The first-order valence-corrected chi connectivity index (χ1v) is 8.07. The predicted molar refractivity (Wildman–Crippen MR) is 90.2 cm³/mol. The molecule has 1 atom stereocenters. The van der Waals surface area contributed by atoms with E-state index < -0.39 is 0 Å². The molecule has 5 nitrogen and oxygen atoms in total. The molecule has 0 unspecified atom stereocenters. The van der Waals surface area contributed by atoms with Crippen LogP contribution in [-0.4, -0.2) is 37.0 Å². The van der Waals surface area contributed by atoms with E-state index in [1.54, 1.807) is 7.11 Å². The van der Waals surface area contributed by atoms with Crippen molar-refractivity contribution in [2.45, 2.75) is 19.8 Å². The lowest BCUT2D eigenvalue weighted by molar-refractivity contribution is 0.228. The Balaban J connectivity index is 1.54. The Morgan fingerprint density at radius 3 is 2.57 bits per heavy atom. The van der Waals surface area contributed by atoms with E-state index in [0.29, 0.717) is 5.92 Å². The normalized spacial score (nSPS) is 17.8. The van der Waals surface area contributed by atoms with Crippen molar-refractivity contribution in [2.24, 2.45) is 5.92 Å². The first-order chi connectivity index (χ1) is 11.2. The van der Waals surface area contributed by atoms with Crippen molar-refractivity contribution < 1.29 is 9.47 Å². The van der Waals surface area contributed by atoms with Crippen LogP contribution in [0.4, 0.5) is 5.82 Å². The van der Waals surface area contributed by atoms with Gasteiger partial charge >= 0.3 is 0 Å². The van der Waals surface area contributed by atoms with Gasteiger partial charge in [-0.3, -0.25) is 0 Å². The molecule has 1 aliphatic heterocycles. The van der Waals surface area contributed by atoms with E-state index in [1.165, 1.54) is 6.42 Å². The summed E-state index contributed by atoms with van der Waals surface area (Å²) in [7, 11) is 1.67. The van der Waals surface area contributed by atoms with Gasteiger partial charge in [-0.1, -0.05) is 0 Å². The largest absolute Gasteiger partial charge is 0.497 e. The van der Waals surface area contributed by atoms with Crippen LogP contribution in [0.25, 0.3) is 0 Å². The lowest BCUT2D eigenvalue weighted by atomic mass is 9.99. The first kappa shape index (κ1) is 15.6. The summed E-state index contributed by atoms with van der Waals surface area (Å²) in [5, 5.41) is 8.45. The molecule has 1 aromatic heterocycles. The van der Waals surface area contributed by atoms with E-state index in [2.05, 4.69) is 21.2 Å². The molecule has 23 heavy (non-hydrogen) atoms. The molecule has 2 heterocycles. The Hall–Kier alpha value is -2.30. The zero-order valence-electron chi connectivity index (χ0n) is 13.7. The maximum atomic E-state index is 5.93. The molecule has 122 valence electrons. The highest BCUT2D eigenvalue weighted by Crippen LogP contribution is 2.23. The fourth-order valence-electron chi connectivity index (χ4n) is 2.86. The number of hydrogen-bond donors (Lipinski definition) is 0. The minimum absolute atomic E-state index is 0.508. The average molecular weight is 313 g/mol. The second-order valence-electron chi connectivity index (χ2n) is 5.97. The summed E-state index contributed by atoms with van der Waals surface area (Å²) < 4.78 is 11.1. The number of benzene rings is 1. The molecule has 1 saturated heterocycles. The minimum atomic E-state index is 0.508. The molecule has 0 amide bonds. The van der Waals surface area contributed by atoms with Crippen LogP contribution in [0.3, 0.4) is 0 Å². The fraction of sp³-hybridized carbons (Fsp3) is 0.444. The number of nitrogens with zero attached hydrogens (tertiary/aromatic N) is 3. The van der Waals surface area contributed by atoms with E-state index >= 15 is 0 Å². The van der Waals surface area contributed by atoms with E-state index in [1.807, 2.05) is 37.3 Å². The standard InChI is InChI=1S/C18H23N3O2/c1-14-5-10-18(20-19-14)21-11-3-4-15(12-21)13-23-17-8-6-16(22-2)7-9-17/h5-10,15H,3-4,11-13H2,1-2H3/t15-/m0/s1. The van der Waals surface area contributed by atoms with Gasteiger partial charge in [0.1, 0.15) is 11.5 Å². The monoisotopic (exact) mass is 313 g/mol. The SMILES string of the molecule is COc1ccc(OC[C@H]2CCCN(c3ccc(C)nn3)C2)cc1. The Morgan fingerprint density at radius 2 is 1.87 bits per heavy atom. The zero-order chi connectivity index (χ0) is 16.1. The topological polar surface area (TPSA) is 47.5 Å². The van der Waals surface area contributed by atoms with Crippen LogP contribution in [0.1, 0.15) is 18.5 Å². The van der Waals surface area contributed by atoms with Crippen molar-refractivity contribution in [1.82, 2.24) is 10.2 Å². The van der Waals surface area contributed by atoms with Crippen LogP contribution < -0.4 is 14.4 Å². The van der Waals surface area contributed by atoms with Crippen molar-refractivity contribution >= 4 is 5.82 Å². The van der Waals surface area contributed by atoms with Gasteiger partial charge in [0.2, 0.25) is 0 Å². The van der Waals surface area contributed by atoms with E-state index in [-0.39, 0.29) is 0 Å². The lowest BCUT2D eigenvalue weighted by Gasteiger charge is -2.33. The summed E-state index contributed by atoms with van der Waals surface area (Å²) >= 11 is 0. The summed E-state index contributed by atoms with van der Waals surface area (Å²) in [6, 6.07) is 11.8. The van der Waals surface area contributed by atoms with Crippen molar-refractivity contribution in [3.8, 4) is 11.5 Å². The average Bonchev–Trinajstić information content (AvgIpc) is 2.61. The molecule has 0 bridgehead atoms. The number of aryl methyl sites for hydroxylation is 1. The van der Waals surface area contributed by atoms with Gasteiger partial charge < -0.3 is 14.4 Å². The van der Waals surface area contributed by atoms with Gasteiger partial charge in [0, 0.05) is 19.0 Å². The van der Waals surface area contributed by atoms with Crippen molar-refractivity contribution in [3.63, 3.8) is 0 Å². The number of methoxy groups -OCH3 is 1. The Kier molecular flexibility index (Phi) is 4.95. The predicted octanol–water partition coefficient (Wildman–Crippen LogP) is 3.09. The Morgan fingerprint density at radius 1 is 1.09 bits per heavy atom. The third kappa shape index (κ3) is 4.12. The maximum Gasteiger partial charge on any atom is 0.151 e.